The highest BCUT2D eigenvalue weighted by Crippen LogP contribution is 2.12. The summed E-state index contributed by atoms with van der Waals surface area (Å²) >= 11 is 0. The molecule has 0 aromatic carbocycles. The van der Waals surface area contributed by atoms with Crippen LogP contribution in [-0.2, 0) is 18.0 Å². The zero-order valence-corrected chi connectivity index (χ0v) is 9.57. The number of hydrogen-bond donors (Lipinski definition) is 0. The van der Waals surface area contributed by atoms with Gasteiger partial charge < -0.3 is 18.0 Å². The van der Waals surface area contributed by atoms with Crippen molar-refractivity contribution in [3.8, 4) is 0 Å². The third kappa shape index (κ3) is 4.84. The molecule has 0 N–H and O–H groups in total. The largest absolute Gasteiger partial charge is 0.485 e. The highest BCUT2D eigenvalue weighted by molar-refractivity contribution is 6.36. The minimum Gasteiger partial charge on any atom is -0.379 e. The number of ether oxygens (including phenoxy) is 1. The predicted octanol–water partition coefficient (Wildman–Crippen LogP) is 0.786. The summed E-state index contributed by atoms with van der Waals surface area (Å²) < 4.78 is 20.8. The Kier molecular flexibility index (Phi) is 5.69. The Labute approximate surface area is 75.7 Å². The minimum absolute atomic E-state index is 0.613. The van der Waals surface area contributed by atoms with Gasteiger partial charge in [-0.25, -0.2) is 0 Å². The molecule has 0 aromatic heterocycles. The van der Waals surface area contributed by atoms with Gasteiger partial charge in [0.25, 0.3) is 0 Å². The third-order valence-corrected chi connectivity index (χ3v) is 2.79. The summed E-state index contributed by atoms with van der Waals surface area (Å²) in [5.74, 6) is -0.613. The zero-order chi connectivity index (χ0) is 9.61. The summed E-state index contributed by atoms with van der Waals surface area (Å²) in [6.45, 7) is 6.21. The average Bonchev–Trinajstić information content (AvgIpc) is 2.00. The van der Waals surface area contributed by atoms with E-state index in [1.807, 2.05) is 20.8 Å². The van der Waals surface area contributed by atoms with Gasteiger partial charge in [0.05, 0.1) is 0 Å². The van der Waals surface area contributed by atoms with Crippen molar-refractivity contribution in [3.63, 3.8) is 0 Å². The topological polar surface area (TPSA) is 36.9 Å². The predicted molar refractivity (Wildman–Crippen MR) is 48.0 cm³/mol. The molecule has 5 heteroatoms. The molecule has 0 fully saturated rings. The summed E-state index contributed by atoms with van der Waals surface area (Å²) in [4.78, 5) is 0. The van der Waals surface area contributed by atoms with Gasteiger partial charge in [-0.3, -0.25) is 0 Å². The van der Waals surface area contributed by atoms with E-state index >= 15 is 0 Å². The maximum atomic E-state index is 5.45. The van der Waals surface area contributed by atoms with Crippen molar-refractivity contribution in [2.75, 3.05) is 20.8 Å². The van der Waals surface area contributed by atoms with Crippen LogP contribution in [0.3, 0.4) is 0 Å². The molecule has 0 aliphatic rings. The first-order valence-corrected chi connectivity index (χ1v) is 5.34. The summed E-state index contributed by atoms with van der Waals surface area (Å²) in [5.41, 5.74) is 0. The van der Waals surface area contributed by atoms with Gasteiger partial charge >= 0.3 is 9.53 Å². The lowest BCUT2D eigenvalue weighted by atomic mass is 10.4. The lowest BCUT2D eigenvalue weighted by Gasteiger charge is -2.27. The Hall–Kier alpha value is 0.0569. The fraction of sp³-hybridized carbons (Fsp3) is 1.00. The standard InChI is InChI=1S/C7H18O4Si/c1-6-10-7(2,3)11-12(8-4)9-5/h12H,6H2,1-5H3. The second kappa shape index (κ2) is 5.66. The van der Waals surface area contributed by atoms with Gasteiger partial charge in [0.1, 0.15) is 0 Å². The van der Waals surface area contributed by atoms with Gasteiger partial charge in [-0.1, -0.05) is 0 Å². The van der Waals surface area contributed by atoms with Crippen molar-refractivity contribution < 1.29 is 18.0 Å². The van der Waals surface area contributed by atoms with Crippen molar-refractivity contribution in [2.24, 2.45) is 0 Å². The number of hydrogen-bond acceptors (Lipinski definition) is 4. The molecule has 0 spiro atoms. The lowest BCUT2D eigenvalue weighted by Crippen LogP contribution is -2.38. The first-order valence-electron chi connectivity index (χ1n) is 3.93. The SMILES string of the molecule is CCOC(C)(C)O[SiH](OC)OC. The van der Waals surface area contributed by atoms with Crippen LogP contribution in [0.15, 0.2) is 0 Å². The van der Waals surface area contributed by atoms with E-state index < -0.39 is 15.3 Å². The highest BCUT2D eigenvalue weighted by Gasteiger charge is 2.25. The van der Waals surface area contributed by atoms with Crippen LogP contribution in [-0.4, -0.2) is 36.1 Å². The van der Waals surface area contributed by atoms with Crippen LogP contribution >= 0.6 is 0 Å². The van der Waals surface area contributed by atoms with Crippen LogP contribution in [0, 0.1) is 0 Å². The molecule has 4 nitrogen and oxygen atoms in total. The number of rotatable bonds is 6. The Morgan fingerprint density at radius 3 is 2.00 bits per heavy atom. The fourth-order valence-corrected chi connectivity index (χ4v) is 1.72. The van der Waals surface area contributed by atoms with Crippen molar-refractivity contribution in [1.82, 2.24) is 0 Å². The molecule has 0 rings (SSSR count). The minimum atomic E-state index is -1.97. The van der Waals surface area contributed by atoms with E-state index in [4.69, 9.17) is 18.0 Å². The van der Waals surface area contributed by atoms with E-state index in [1.54, 1.807) is 14.2 Å². The molecule has 0 aromatic rings. The molecule has 0 heterocycles. The average molecular weight is 194 g/mol. The Morgan fingerprint density at radius 1 is 1.17 bits per heavy atom. The van der Waals surface area contributed by atoms with Gasteiger partial charge in [-0.05, 0) is 20.8 Å². The summed E-state index contributed by atoms with van der Waals surface area (Å²) in [7, 11) is 1.17. The van der Waals surface area contributed by atoms with Crippen LogP contribution in [0.2, 0.25) is 0 Å². The van der Waals surface area contributed by atoms with Crippen LogP contribution in [0.4, 0.5) is 0 Å². The van der Waals surface area contributed by atoms with E-state index in [-0.39, 0.29) is 0 Å². The molecule has 0 unspecified atom stereocenters. The van der Waals surface area contributed by atoms with Crippen molar-refractivity contribution >= 4 is 9.53 Å². The van der Waals surface area contributed by atoms with Crippen molar-refractivity contribution in [1.29, 1.82) is 0 Å². The molecule has 0 bridgehead atoms. The summed E-state index contributed by atoms with van der Waals surface area (Å²) in [5, 5.41) is 0. The molecule has 0 saturated carbocycles. The summed E-state index contributed by atoms with van der Waals surface area (Å²) in [6.07, 6.45) is 0. The van der Waals surface area contributed by atoms with Gasteiger partial charge in [-0.15, -0.1) is 0 Å². The molecule has 0 atom stereocenters. The lowest BCUT2D eigenvalue weighted by molar-refractivity contribution is -0.173. The molecule has 0 radical (unpaired) electrons. The van der Waals surface area contributed by atoms with Crippen LogP contribution in [0.25, 0.3) is 0 Å². The molecule has 12 heavy (non-hydrogen) atoms. The Balaban J connectivity index is 3.84. The van der Waals surface area contributed by atoms with Crippen molar-refractivity contribution in [3.05, 3.63) is 0 Å². The van der Waals surface area contributed by atoms with E-state index in [0.29, 0.717) is 6.61 Å². The maximum Gasteiger partial charge on any atom is 0.485 e. The molecule has 0 aliphatic carbocycles. The molecule has 0 saturated heterocycles. The summed E-state index contributed by atoms with van der Waals surface area (Å²) in [6, 6.07) is 0. The third-order valence-electron chi connectivity index (χ3n) is 1.26. The molecule has 0 aliphatic heterocycles. The van der Waals surface area contributed by atoms with Gasteiger partial charge in [0.15, 0.2) is 5.79 Å². The second-order valence-corrected chi connectivity index (χ2v) is 4.47. The smallest absolute Gasteiger partial charge is 0.379 e. The molecular formula is C7H18O4Si. The first kappa shape index (κ1) is 12.1. The molecular weight excluding hydrogens is 176 g/mol. The maximum absolute atomic E-state index is 5.45. The van der Waals surface area contributed by atoms with Gasteiger partial charge in [0, 0.05) is 20.8 Å². The van der Waals surface area contributed by atoms with Gasteiger partial charge in [-0.2, -0.15) is 0 Å². The molecule has 0 amide bonds. The zero-order valence-electron chi connectivity index (χ0n) is 8.42. The van der Waals surface area contributed by atoms with Crippen molar-refractivity contribution in [2.45, 2.75) is 26.6 Å². The highest BCUT2D eigenvalue weighted by atomic mass is 28.3. The normalized spacial score (nSPS) is 12.5. The van der Waals surface area contributed by atoms with Crippen LogP contribution < -0.4 is 0 Å². The molecule has 74 valence electrons. The van der Waals surface area contributed by atoms with Crippen LogP contribution in [0.1, 0.15) is 20.8 Å². The monoisotopic (exact) mass is 194 g/mol. The van der Waals surface area contributed by atoms with E-state index in [1.165, 1.54) is 0 Å². The fourth-order valence-electron chi connectivity index (χ4n) is 0.806. The Bertz CT molecular complexity index is 114. The van der Waals surface area contributed by atoms with E-state index in [9.17, 15) is 0 Å². The van der Waals surface area contributed by atoms with Crippen LogP contribution in [0.5, 0.6) is 0 Å². The Morgan fingerprint density at radius 2 is 1.67 bits per heavy atom. The van der Waals surface area contributed by atoms with E-state index in [0.717, 1.165) is 0 Å². The quantitative estimate of drug-likeness (QED) is 0.462. The van der Waals surface area contributed by atoms with E-state index in [2.05, 4.69) is 0 Å². The second-order valence-electron chi connectivity index (χ2n) is 2.71. The first-order chi connectivity index (χ1) is 5.55. The van der Waals surface area contributed by atoms with Gasteiger partial charge in [0.2, 0.25) is 0 Å².